The van der Waals surface area contributed by atoms with Crippen molar-refractivity contribution in [3.63, 3.8) is 0 Å². The van der Waals surface area contributed by atoms with E-state index in [1.54, 1.807) is 58.0 Å². The van der Waals surface area contributed by atoms with Gasteiger partial charge in [0.2, 0.25) is 11.8 Å². The number of carbonyl (C=O) groups excluding carboxylic acids is 2. The second-order valence-corrected chi connectivity index (χ2v) is 12.5. The van der Waals surface area contributed by atoms with E-state index in [1.807, 2.05) is 0 Å². The van der Waals surface area contributed by atoms with Gasteiger partial charge in [-0.3, -0.25) is 24.0 Å². The van der Waals surface area contributed by atoms with Crippen LogP contribution in [0.4, 0.5) is 11.4 Å². The van der Waals surface area contributed by atoms with E-state index in [2.05, 4.69) is 5.32 Å². The van der Waals surface area contributed by atoms with Gasteiger partial charge in [-0.15, -0.1) is 0 Å². The van der Waals surface area contributed by atoms with Crippen LogP contribution in [-0.2, 0) is 26.2 Å². The van der Waals surface area contributed by atoms with Gasteiger partial charge in [0, 0.05) is 29.2 Å². The first-order valence-corrected chi connectivity index (χ1v) is 14.2. The van der Waals surface area contributed by atoms with E-state index < -0.39 is 44.9 Å². The lowest BCUT2D eigenvalue weighted by atomic mass is 10.1. The molecule has 0 bridgehead atoms. The van der Waals surface area contributed by atoms with E-state index in [9.17, 15) is 28.1 Å². The van der Waals surface area contributed by atoms with Crippen LogP contribution < -0.4 is 9.62 Å². The van der Waals surface area contributed by atoms with Gasteiger partial charge >= 0.3 is 0 Å². The number of anilines is 1. The molecule has 1 unspecified atom stereocenters. The van der Waals surface area contributed by atoms with Gasteiger partial charge in [-0.25, -0.2) is 8.42 Å². The largest absolute Gasteiger partial charge is 0.350 e. The highest BCUT2D eigenvalue weighted by atomic mass is 35.5. The van der Waals surface area contributed by atoms with E-state index in [0.29, 0.717) is 10.6 Å². The molecule has 3 rings (SSSR count). The zero-order valence-electron chi connectivity index (χ0n) is 22.6. The molecule has 10 nitrogen and oxygen atoms in total. The number of nitrogens with one attached hydrogen (secondary N) is 1. The summed E-state index contributed by atoms with van der Waals surface area (Å²) in [5.74, 6) is -1.13. The number of nitrogens with zero attached hydrogens (tertiary/aromatic N) is 3. The Morgan fingerprint density at radius 2 is 1.65 bits per heavy atom. The van der Waals surface area contributed by atoms with Crippen molar-refractivity contribution in [2.45, 2.75) is 50.7 Å². The number of hydrogen-bond acceptors (Lipinski definition) is 6. The third kappa shape index (κ3) is 7.80. The molecule has 212 valence electrons. The van der Waals surface area contributed by atoms with E-state index in [4.69, 9.17) is 11.6 Å². The summed E-state index contributed by atoms with van der Waals surface area (Å²) in [5.41, 5.74) is -0.362. The fourth-order valence-corrected chi connectivity index (χ4v) is 5.54. The maximum Gasteiger partial charge on any atom is 0.271 e. The fourth-order valence-electron chi connectivity index (χ4n) is 3.90. The standard InChI is InChI=1S/C28H31ClN4O6S/c1-20(27(35)30-28(2,3)4)31(18-21-10-8-11-22(29)16-21)26(34)19-32(23-12-9-13-24(17-23)33(36)37)40(38,39)25-14-6-5-7-15-25/h5-17,20H,18-19H2,1-4H3,(H,30,35). The van der Waals surface area contributed by atoms with Gasteiger partial charge in [0.15, 0.2) is 0 Å². The molecule has 0 saturated heterocycles. The Bertz CT molecular complexity index is 1490. The van der Waals surface area contributed by atoms with Gasteiger partial charge < -0.3 is 10.2 Å². The molecule has 3 aromatic carbocycles. The van der Waals surface area contributed by atoms with Crippen molar-refractivity contribution in [1.82, 2.24) is 10.2 Å². The van der Waals surface area contributed by atoms with Gasteiger partial charge in [0.1, 0.15) is 12.6 Å². The van der Waals surface area contributed by atoms with Gasteiger partial charge in [-0.05, 0) is 63.6 Å². The SMILES string of the molecule is CC(C(=O)NC(C)(C)C)N(Cc1cccc(Cl)c1)C(=O)CN(c1cccc([N+](=O)[O-])c1)S(=O)(=O)c1ccccc1. The first-order chi connectivity index (χ1) is 18.7. The Balaban J connectivity index is 2.07. The van der Waals surface area contributed by atoms with E-state index in [-0.39, 0.29) is 22.8 Å². The predicted octanol–water partition coefficient (Wildman–Crippen LogP) is 4.78. The first-order valence-electron chi connectivity index (χ1n) is 12.4. The molecule has 0 aliphatic rings. The lowest BCUT2D eigenvalue weighted by molar-refractivity contribution is -0.384. The minimum Gasteiger partial charge on any atom is -0.350 e. The number of sulfonamides is 1. The summed E-state index contributed by atoms with van der Waals surface area (Å²) in [6.07, 6.45) is 0. The minimum absolute atomic E-state index is 0.0354. The van der Waals surface area contributed by atoms with Crippen LogP contribution in [0.2, 0.25) is 5.02 Å². The number of hydrogen-bond donors (Lipinski definition) is 1. The Morgan fingerprint density at radius 1 is 1.00 bits per heavy atom. The molecule has 40 heavy (non-hydrogen) atoms. The molecule has 0 aromatic heterocycles. The van der Waals surface area contributed by atoms with Crippen molar-refractivity contribution in [1.29, 1.82) is 0 Å². The summed E-state index contributed by atoms with van der Waals surface area (Å²) < 4.78 is 28.3. The summed E-state index contributed by atoms with van der Waals surface area (Å²) in [6, 6.07) is 18.2. The Kier molecular flexibility index (Phi) is 9.54. The van der Waals surface area contributed by atoms with Gasteiger partial charge in [-0.1, -0.05) is 48.0 Å². The molecular weight excluding hydrogens is 556 g/mol. The predicted molar refractivity (Wildman–Crippen MR) is 153 cm³/mol. The van der Waals surface area contributed by atoms with Crippen molar-refractivity contribution in [3.8, 4) is 0 Å². The third-order valence-corrected chi connectivity index (χ3v) is 7.87. The highest BCUT2D eigenvalue weighted by Crippen LogP contribution is 2.27. The Hall–Kier alpha value is -3.96. The molecular formula is C28H31ClN4O6S. The maximum absolute atomic E-state index is 13.9. The van der Waals surface area contributed by atoms with E-state index in [1.165, 1.54) is 47.4 Å². The zero-order valence-corrected chi connectivity index (χ0v) is 24.1. The summed E-state index contributed by atoms with van der Waals surface area (Å²) >= 11 is 6.14. The fraction of sp³-hybridized carbons (Fsp3) is 0.286. The van der Waals surface area contributed by atoms with Crippen molar-refractivity contribution >= 4 is 44.8 Å². The lowest BCUT2D eigenvalue weighted by Gasteiger charge is -2.33. The highest BCUT2D eigenvalue weighted by Gasteiger charge is 2.33. The quantitative estimate of drug-likeness (QED) is 0.269. The number of amides is 2. The van der Waals surface area contributed by atoms with Crippen LogP contribution in [0, 0.1) is 10.1 Å². The molecule has 12 heteroatoms. The Morgan fingerprint density at radius 3 is 2.25 bits per heavy atom. The van der Waals surface area contributed by atoms with Crippen LogP contribution in [0.15, 0.2) is 83.8 Å². The van der Waals surface area contributed by atoms with E-state index >= 15 is 0 Å². The molecule has 0 radical (unpaired) electrons. The van der Waals surface area contributed by atoms with Gasteiger partial charge in [0.25, 0.3) is 15.7 Å². The smallest absolute Gasteiger partial charge is 0.271 e. The van der Waals surface area contributed by atoms with Crippen LogP contribution >= 0.6 is 11.6 Å². The van der Waals surface area contributed by atoms with E-state index in [0.717, 1.165) is 10.4 Å². The molecule has 3 aromatic rings. The Labute approximate surface area is 238 Å². The van der Waals surface area contributed by atoms with Crippen LogP contribution in [0.5, 0.6) is 0 Å². The number of halogens is 1. The van der Waals surface area contributed by atoms with Crippen LogP contribution in [-0.4, -0.2) is 48.2 Å². The molecule has 0 spiro atoms. The van der Waals surface area contributed by atoms with Gasteiger partial charge in [-0.2, -0.15) is 0 Å². The third-order valence-electron chi connectivity index (χ3n) is 5.85. The summed E-state index contributed by atoms with van der Waals surface area (Å²) in [4.78, 5) is 39.0. The molecule has 0 saturated carbocycles. The molecule has 0 aliphatic carbocycles. The van der Waals surface area contributed by atoms with Crippen molar-refractivity contribution in [2.75, 3.05) is 10.8 Å². The molecule has 0 heterocycles. The van der Waals surface area contributed by atoms with Crippen molar-refractivity contribution < 1.29 is 22.9 Å². The average Bonchev–Trinajstić information content (AvgIpc) is 2.89. The number of carbonyl (C=O) groups is 2. The minimum atomic E-state index is -4.34. The molecule has 1 atom stereocenters. The number of rotatable bonds is 10. The van der Waals surface area contributed by atoms with Crippen molar-refractivity contribution in [2.24, 2.45) is 0 Å². The van der Waals surface area contributed by atoms with Gasteiger partial charge in [0.05, 0.1) is 15.5 Å². The average molecular weight is 587 g/mol. The summed E-state index contributed by atoms with van der Waals surface area (Å²) in [5, 5.41) is 14.7. The molecule has 0 aliphatic heterocycles. The maximum atomic E-state index is 13.9. The first kappa shape index (κ1) is 30.6. The highest BCUT2D eigenvalue weighted by molar-refractivity contribution is 7.92. The summed E-state index contributed by atoms with van der Waals surface area (Å²) in [6.45, 7) is 6.21. The second kappa shape index (κ2) is 12.5. The number of benzene rings is 3. The van der Waals surface area contributed by atoms with Crippen LogP contribution in [0.3, 0.4) is 0 Å². The monoisotopic (exact) mass is 586 g/mol. The normalized spacial score (nSPS) is 12.3. The molecule has 0 fully saturated rings. The van der Waals surface area contributed by atoms with Crippen LogP contribution in [0.25, 0.3) is 0 Å². The summed E-state index contributed by atoms with van der Waals surface area (Å²) in [7, 11) is -4.34. The number of non-ortho nitro benzene ring substituents is 1. The topological polar surface area (TPSA) is 130 Å². The molecule has 2 amide bonds. The lowest BCUT2D eigenvalue weighted by Crippen LogP contribution is -2.54. The number of nitro groups is 1. The molecule has 1 N–H and O–H groups in total. The zero-order chi connectivity index (χ0) is 29.7. The van der Waals surface area contributed by atoms with Crippen molar-refractivity contribution in [3.05, 3.63) is 99.6 Å². The number of nitro benzene ring substituents is 1. The van der Waals surface area contributed by atoms with Crippen LogP contribution in [0.1, 0.15) is 33.3 Å². The second-order valence-electron chi connectivity index (χ2n) is 10.2.